The second-order valence-corrected chi connectivity index (χ2v) is 6.19. The Morgan fingerprint density at radius 2 is 1.81 bits per heavy atom. The molecule has 0 spiro atoms. The van der Waals surface area contributed by atoms with Crippen molar-refractivity contribution in [3.63, 3.8) is 0 Å². The Kier molecular flexibility index (Phi) is 5.46. The van der Waals surface area contributed by atoms with E-state index in [2.05, 4.69) is 10.6 Å². The summed E-state index contributed by atoms with van der Waals surface area (Å²) in [7, 11) is 0. The minimum Gasteiger partial charge on any atom is -0.324 e. The van der Waals surface area contributed by atoms with Crippen LogP contribution in [0, 0.1) is 17.6 Å². The highest BCUT2D eigenvalue weighted by Gasteiger charge is 2.29. The van der Waals surface area contributed by atoms with E-state index in [-0.39, 0.29) is 24.2 Å². The molecule has 7 heteroatoms. The summed E-state index contributed by atoms with van der Waals surface area (Å²) in [5, 5.41) is 5.27. The summed E-state index contributed by atoms with van der Waals surface area (Å²) in [6.45, 7) is 0.792. The molecule has 0 unspecified atom stereocenters. The molecule has 1 aliphatic heterocycles. The minimum absolute atomic E-state index is 0.0674. The summed E-state index contributed by atoms with van der Waals surface area (Å²) in [6.07, 6.45) is 1.27. The first kappa shape index (κ1) is 17.8. The molecule has 26 heavy (non-hydrogen) atoms. The monoisotopic (exact) mass is 359 g/mol. The zero-order chi connectivity index (χ0) is 18.5. The van der Waals surface area contributed by atoms with E-state index in [0.717, 1.165) is 12.1 Å². The predicted octanol–water partition coefficient (Wildman–Crippen LogP) is 3.85. The van der Waals surface area contributed by atoms with Gasteiger partial charge in [-0.15, -0.1) is 0 Å². The van der Waals surface area contributed by atoms with Gasteiger partial charge in [0.25, 0.3) is 0 Å². The van der Waals surface area contributed by atoms with Crippen LogP contribution in [0.5, 0.6) is 0 Å². The maximum Gasteiger partial charge on any atom is 0.321 e. The van der Waals surface area contributed by atoms with Crippen LogP contribution in [0.2, 0.25) is 0 Å². The van der Waals surface area contributed by atoms with Gasteiger partial charge < -0.3 is 15.5 Å². The van der Waals surface area contributed by atoms with Crippen LogP contribution in [0.4, 0.5) is 25.0 Å². The first-order chi connectivity index (χ1) is 12.5. The summed E-state index contributed by atoms with van der Waals surface area (Å²) >= 11 is 0. The van der Waals surface area contributed by atoms with Gasteiger partial charge >= 0.3 is 6.03 Å². The fraction of sp³-hybridized carbons (Fsp3) is 0.263. The summed E-state index contributed by atoms with van der Waals surface area (Å²) in [6, 6.07) is 11.8. The van der Waals surface area contributed by atoms with Gasteiger partial charge in [-0.25, -0.2) is 13.6 Å². The number of hydrogen-bond acceptors (Lipinski definition) is 2. The molecule has 2 aromatic rings. The van der Waals surface area contributed by atoms with Gasteiger partial charge in [-0.3, -0.25) is 4.79 Å². The number of carbonyl (C=O) groups is 2. The number of para-hydroxylation sites is 1. The lowest BCUT2D eigenvalue weighted by atomic mass is 9.97. The molecule has 1 fully saturated rings. The molecule has 1 saturated heterocycles. The number of carbonyl (C=O) groups excluding carboxylic acids is 2. The van der Waals surface area contributed by atoms with Crippen LogP contribution < -0.4 is 10.6 Å². The molecule has 5 nitrogen and oxygen atoms in total. The van der Waals surface area contributed by atoms with Gasteiger partial charge in [0.1, 0.15) is 11.6 Å². The summed E-state index contributed by atoms with van der Waals surface area (Å²) in [5.74, 6) is -2.36. The molecule has 2 aromatic carbocycles. The zero-order valence-corrected chi connectivity index (χ0v) is 14.0. The Bertz CT molecular complexity index is 799. The largest absolute Gasteiger partial charge is 0.324 e. The third-order valence-corrected chi connectivity index (χ3v) is 4.29. The topological polar surface area (TPSA) is 61.4 Å². The van der Waals surface area contributed by atoms with Gasteiger partial charge in [-0.1, -0.05) is 18.2 Å². The van der Waals surface area contributed by atoms with Crippen molar-refractivity contribution in [2.45, 2.75) is 12.8 Å². The van der Waals surface area contributed by atoms with Gasteiger partial charge in [-0.05, 0) is 37.1 Å². The normalized spacial score (nSPS) is 16.8. The number of urea groups is 1. The van der Waals surface area contributed by atoms with Crippen LogP contribution in [-0.4, -0.2) is 29.9 Å². The fourth-order valence-corrected chi connectivity index (χ4v) is 2.93. The van der Waals surface area contributed by atoms with Crippen LogP contribution in [0.1, 0.15) is 12.8 Å². The average Bonchev–Trinajstić information content (AvgIpc) is 2.65. The molecule has 0 saturated carbocycles. The maximum absolute atomic E-state index is 13.7. The van der Waals surface area contributed by atoms with E-state index in [4.69, 9.17) is 0 Å². The van der Waals surface area contributed by atoms with Crippen molar-refractivity contribution in [3.8, 4) is 0 Å². The Balaban J connectivity index is 1.60. The molecule has 136 valence electrons. The van der Waals surface area contributed by atoms with Crippen LogP contribution in [0.25, 0.3) is 0 Å². The lowest BCUT2D eigenvalue weighted by molar-refractivity contribution is -0.121. The van der Waals surface area contributed by atoms with Gasteiger partial charge in [0.2, 0.25) is 5.91 Å². The van der Waals surface area contributed by atoms with Crippen molar-refractivity contribution < 1.29 is 18.4 Å². The lowest BCUT2D eigenvalue weighted by Gasteiger charge is -2.32. The number of likely N-dealkylation sites (tertiary alicyclic amines) is 1. The number of rotatable bonds is 3. The molecule has 0 aliphatic carbocycles. The van der Waals surface area contributed by atoms with Gasteiger partial charge in [-0.2, -0.15) is 0 Å². The Hall–Kier alpha value is -2.96. The highest BCUT2D eigenvalue weighted by molar-refractivity contribution is 5.94. The molecule has 0 bridgehead atoms. The number of hydrogen-bond donors (Lipinski definition) is 2. The lowest BCUT2D eigenvalue weighted by Crippen LogP contribution is -2.45. The number of piperidine rings is 1. The van der Waals surface area contributed by atoms with Crippen LogP contribution >= 0.6 is 0 Å². The molecule has 3 amide bonds. The van der Waals surface area contributed by atoms with Crippen molar-refractivity contribution in [2.24, 2.45) is 5.92 Å². The fourth-order valence-electron chi connectivity index (χ4n) is 2.93. The van der Waals surface area contributed by atoms with E-state index < -0.39 is 17.6 Å². The smallest absolute Gasteiger partial charge is 0.321 e. The molecule has 0 radical (unpaired) electrons. The number of halogens is 2. The number of benzene rings is 2. The molecule has 1 heterocycles. The molecule has 3 rings (SSSR count). The summed E-state index contributed by atoms with van der Waals surface area (Å²) < 4.78 is 26.7. The average molecular weight is 359 g/mol. The quantitative estimate of drug-likeness (QED) is 0.874. The van der Waals surface area contributed by atoms with Crippen molar-refractivity contribution in [1.82, 2.24) is 4.90 Å². The number of nitrogens with zero attached hydrogens (tertiary/aromatic N) is 1. The highest BCUT2D eigenvalue weighted by atomic mass is 19.1. The first-order valence-electron chi connectivity index (χ1n) is 8.40. The SMILES string of the molecule is O=C(Nc1ccc(F)cc1F)[C@H]1CCCN(C(=O)Nc2ccccc2)C1. The van der Waals surface area contributed by atoms with Crippen molar-refractivity contribution in [3.05, 3.63) is 60.2 Å². The molecule has 2 N–H and O–H groups in total. The molecule has 0 aromatic heterocycles. The highest BCUT2D eigenvalue weighted by Crippen LogP contribution is 2.21. The van der Waals surface area contributed by atoms with E-state index in [0.29, 0.717) is 25.1 Å². The zero-order valence-electron chi connectivity index (χ0n) is 14.0. The Morgan fingerprint density at radius 3 is 2.54 bits per heavy atom. The van der Waals surface area contributed by atoms with Crippen molar-refractivity contribution >= 4 is 23.3 Å². The third-order valence-electron chi connectivity index (χ3n) is 4.29. The molecular weight excluding hydrogens is 340 g/mol. The van der Waals surface area contributed by atoms with Gasteiger partial charge in [0.05, 0.1) is 11.6 Å². The molecular formula is C19H19F2N3O2. The van der Waals surface area contributed by atoms with Crippen LogP contribution in [0.15, 0.2) is 48.5 Å². The number of amides is 3. The number of anilines is 2. The van der Waals surface area contributed by atoms with E-state index in [1.165, 1.54) is 6.07 Å². The Morgan fingerprint density at radius 1 is 1.04 bits per heavy atom. The molecule has 1 aliphatic rings. The van der Waals surface area contributed by atoms with Gasteiger partial charge in [0, 0.05) is 24.8 Å². The van der Waals surface area contributed by atoms with Crippen LogP contribution in [0.3, 0.4) is 0 Å². The summed E-state index contributed by atoms with van der Waals surface area (Å²) in [4.78, 5) is 26.3. The number of nitrogens with one attached hydrogen (secondary N) is 2. The Labute approximate surface area is 150 Å². The van der Waals surface area contributed by atoms with Crippen molar-refractivity contribution in [2.75, 3.05) is 23.7 Å². The van der Waals surface area contributed by atoms with E-state index >= 15 is 0 Å². The van der Waals surface area contributed by atoms with Crippen molar-refractivity contribution in [1.29, 1.82) is 0 Å². The first-order valence-corrected chi connectivity index (χ1v) is 8.40. The van der Waals surface area contributed by atoms with E-state index in [9.17, 15) is 18.4 Å². The van der Waals surface area contributed by atoms with E-state index in [1.54, 1.807) is 17.0 Å². The van der Waals surface area contributed by atoms with E-state index in [1.807, 2.05) is 18.2 Å². The maximum atomic E-state index is 13.7. The van der Waals surface area contributed by atoms with Gasteiger partial charge in [0.15, 0.2) is 0 Å². The third kappa shape index (κ3) is 4.36. The molecule has 1 atom stereocenters. The second kappa shape index (κ2) is 7.95. The van der Waals surface area contributed by atoms with Crippen LogP contribution in [-0.2, 0) is 4.79 Å². The minimum atomic E-state index is -0.826. The second-order valence-electron chi connectivity index (χ2n) is 6.19. The predicted molar refractivity (Wildman–Crippen MR) is 94.7 cm³/mol. The standard InChI is InChI=1S/C19H19F2N3O2/c20-14-8-9-17(16(21)11-14)23-18(25)13-5-4-10-24(12-13)19(26)22-15-6-2-1-3-7-15/h1-3,6-9,11,13H,4-5,10,12H2,(H,22,26)(H,23,25)/t13-/m0/s1. The summed E-state index contributed by atoms with van der Waals surface area (Å²) in [5.41, 5.74) is 0.611.